The van der Waals surface area contributed by atoms with Crippen LogP contribution in [0.5, 0.6) is 0 Å². The molecule has 0 aromatic heterocycles. The van der Waals surface area contributed by atoms with Crippen molar-refractivity contribution in [3.63, 3.8) is 0 Å². The quantitative estimate of drug-likeness (QED) is 0.803. The Balaban J connectivity index is 0.00000200. The van der Waals surface area contributed by atoms with E-state index in [9.17, 15) is 0 Å². The summed E-state index contributed by atoms with van der Waals surface area (Å²) in [5.41, 5.74) is 2.82. The molecule has 1 N–H and O–H groups in total. The van der Waals surface area contributed by atoms with Gasteiger partial charge in [-0.2, -0.15) is 0 Å². The standard InChI is InChI=1S/C18H23N.ClH/c1-2-13-19-18(14-16-9-5-3-6-10-16)15-17-11-7-4-8-12-17;/h3-12,18-19H,2,13-15H2,1H3;1H. The summed E-state index contributed by atoms with van der Waals surface area (Å²) in [5.74, 6) is 0. The number of rotatable bonds is 7. The van der Waals surface area contributed by atoms with E-state index in [0.29, 0.717) is 6.04 Å². The van der Waals surface area contributed by atoms with Gasteiger partial charge >= 0.3 is 0 Å². The predicted molar refractivity (Wildman–Crippen MR) is 89.6 cm³/mol. The fourth-order valence-electron chi connectivity index (χ4n) is 2.36. The molecule has 0 saturated carbocycles. The summed E-state index contributed by atoms with van der Waals surface area (Å²) in [6.45, 7) is 3.30. The molecule has 108 valence electrons. The second-order valence-electron chi connectivity index (χ2n) is 5.03. The first-order chi connectivity index (χ1) is 9.38. The van der Waals surface area contributed by atoms with Gasteiger partial charge in [-0.1, -0.05) is 67.6 Å². The van der Waals surface area contributed by atoms with Gasteiger partial charge in [0.15, 0.2) is 0 Å². The van der Waals surface area contributed by atoms with E-state index in [2.05, 4.69) is 72.9 Å². The summed E-state index contributed by atoms with van der Waals surface area (Å²) in [4.78, 5) is 0. The van der Waals surface area contributed by atoms with E-state index in [1.54, 1.807) is 0 Å². The fraction of sp³-hybridized carbons (Fsp3) is 0.333. The minimum Gasteiger partial charge on any atom is -0.313 e. The topological polar surface area (TPSA) is 12.0 Å². The van der Waals surface area contributed by atoms with Gasteiger partial charge in [0, 0.05) is 6.04 Å². The highest BCUT2D eigenvalue weighted by molar-refractivity contribution is 5.85. The van der Waals surface area contributed by atoms with Crippen LogP contribution in [-0.4, -0.2) is 12.6 Å². The van der Waals surface area contributed by atoms with Gasteiger partial charge in [-0.25, -0.2) is 0 Å². The van der Waals surface area contributed by atoms with Gasteiger partial charge in [0.1, 0.15) is 0 Å². The maximum atomic E-state index is 3.67. The lowest BCUT2D eigenvalue weighted by Gasteiger charge is -2.19. The Morgan fingerprint density at radius 1 is 0.800 bits per heavy atom. The van der Waals surface area contributed by atoms with Crippen LogP contribution in [0.1, 0.15) is 24.5 Å². The first-order valence-corrected chi connectivity index (χ1v) is 7.19. The third-order valence-corrected chi connectivity index (χ3v) is 3.33. The maximum Gasteiger partial charge on any atom is 0.0148 e. The molecular formula is C18H24ClN. The second kappa shape index (κ2) is 9.57. The lowest BCUT2D eigenvalue weighted by Crippen LogP contribution is -2.33. The molecular weight excluding hydrogens is 266 g/mol. The molecule has 20 heavy (non-hydrogen) atoms. The minimum absolute atomic E-state index is 0. The zero-order chi connectivity index (χ0) is 13.3. The number of benzene rings is 2. The van der Waals surface area contributed by atoms with Crippen molar-refractivity contribution in [2.45, 2.75) is 32.2 Å². The molecule has 0 heterocycles. The van der Waals surface area contributed by atoms with Gasteiger partial charge in [-0.05, 0) is 36.9 Å². The fourth-order valence-corrected chi connectivity index (χ4v) is 2.36. The van der Waals surface area contributed by atoms with Crippen molar-refractivity contribution >= 4 is 12.4 Å². The molecule has 0 unspecified atom stereocenters. The molecule has 0 fully saturated rings. The van der Waals surface area contributed by atoms with Crippen LogP contribution in [0.4, 0.5) is 0 Å². The first kappa shape index (κ1) is 16.7. The van der Waals surface area contributed by atoms with E-state index in [-0.39, 0.29) is 12.4 Å². The van der Waals surface area contributed by atoms with Crippen molar-refractivity contribution in [1.82, 2.24) is 5.32 Å². The highest BCUT2D eigenvalue weighted by Gasteiger charge is 2.09. The Kier molecular flexibility index (Phi) is 8.01. The smallest absolute Gasteiger partial charge is 0.0148 e. The maximum absolute atomic E-state index is 3.67. The predicted octanol–water partition coefficient (Wildman–Crippen LogP) is 4.26. The van der Waals surface area contributed by atoms with Crippen molar-refractivity contribution in [3.8, 4) is 0 Å². The molecule has 2 aromatic rings. The lowest BCUT2D eigenvalue weighted by atomic mass is 9.99. The first-order valence-electron chi connectivity index (χ1n) is 7.19. The average molecular weight is 290 g/mol. The van der Waals surface area contributed by atoms with Crippen molar-refractivity contribution in [1.29, 1.82) is 0 Å². The number of hydrogen-bond acceptors (Lipinski definition) is 1. The average Bonchev–Trinajstić information content (AvgIpc) is 2.47. The molecule has 0 radical (unpaired) electrons. The monoisotopic (exact) mass is 289 g/mol. The highest BCUT2D eigenvalue weighted by Crippen LogP contribution is 2.09. The molecule has 2 aromatic carbocycles. The molecule has 0 aliphatic rings. The molecule has 2 rings (SSSR count). The Labute approximate surface area is 128 Å². The van der Waals surface area contributed by atoms with Gasteiger partial charge in [-0.3, -0.25) is 0 Å². The summed E-state index contributed by atoms with van der Waals surface area (Å²) >= 11 is 0. The normalized spacial score (nSPS) is 10.3. The van der Waals surface area contributed by atoms with E-state index < -0.39 is 0 Å². The van der Waals surface area contributed by atoms with Crippen LogP contribution in [-0.2, 0) is 12.8 Å². The molecule has 0 saturated heterocycles. The Bertz CT molecular complexity index is 414. The van der Waals surface area contributed by atoms with E-state index >= 15 is 0 Å². The van der Waals surface area contributed by atoms with Crippen LogP contribution in [0, 0.1) is 0 Å². The third-order valence-electron chi connectivity index (χ3n) is 3.33. The summed E-state index contributed by atoms with van der Waals surface area (Å²) in [7, 11) is 0. The van der Waals surface area contributed by atoms with Crippen molar-refractivity contribution in [2.24, 2.45) is 0 Å². The second-order valence-corrected chi connectivity index (χ2v) is 5.03. The van der Waals surface area contributed by atoms with E-state index in [1.807, 2.05) is 0 Å². The zero-order valence-electron chi connectivity index (χ0n) is 12.1. The molecule has 0 atom stereocenters. The number of nitrogens with one attached hydrogen (secondary N) is 1. The zero-order valence-corrected chi connectivity index (χ0v) is 12.9. The number of hydrogen-bond donors (Lipinski definition) is 1. The van der Waals surface area contributed by atoms with Crippen molar-refractivity contribution < 1.29 is 0 Å². The van der Waals surface area contributed by atoms with Crippen LogP contribution in [0.3, 0.4) is 0 Å². The molecule has 1 nitrogen and oxygen atoms in total. The van der Waals surface area contributed by atoms with Gasteiger partial charge in [0.05, 0.1) is 0 Å². The van der Waals surface area contributed by atoms with Crippen LogP contribution in [0.2, 0.25) is 0 Å². The summed E-state index contributed by atoms with van der Waals surface area (Å²) < 4.78 is 0. The van der Waals surface area contributed by atoms with Gasteiger partial charge in [0.25, 0.3) is 0 Å². The Morgan fingerprint density at radius 3 is 1.65 bits per heavy atom. The van der Waals surface area contributed by atoms with Crippen LogP contribution >= 0.6 is 12.4 Å². The highest BCUT2D eigenvalue weighted by atomic mass is 35.5. The molecule has 2 heteroatoms. The van der Waals surface area contributed by atoms with Gasteiger partial charge < -0.3 is 5.32 Å². The summed E-state index contributed by atoms with van der Waals surface area (Å²) in [6.07, 6.45) is 3.37. The SMILES string of the molecule is CCCNC(Cc1ccccc1)Cc1ccccc1.Cl. The van der Waals surface area contributed by atoms with Gasteiger partial charge in [0.2, 0.25) is 0 Å². The molecule has 0 spiro atoms. The molecule has 0 amide bonds. The van der Waals surface area contributed by atoms with Crippen LogP contribution in [0.15, 0.2) is 60.7 Å². The number of halogens is 1. The third kappa shape index (κ3) is 5.77. The van der Waals surface area contributed by atoms with Crippen LogP contribution in [0.25, 0.3) is 0 Å². The van der Waals surface area contributed by atoms with E-state index in [4.69, 9.17) is 0 Å². The van der Waals surface area contributed by atoms with Crippen LogP contribution < -0.4 is 5.32 Å². The largest absolute Gasteiger partial charge is 0.313 e. The molecule has 0 aliphatic heterocycles. The van der Waals surface area contributed by atoms with Gasteiger partial charge in [-0.15, -0.1) is 12.4 Å². The van der Waals surface area contributed by atoms with E-state index in [1.165, 1.54) is 17.5 Å². The molecule has 0 bridgehead atoms. The lowest BCUT2D eigenvalue weighted by molar-refractivity contribution is 0.505. The molecule has 0 aliphatic carbocycles. The minimum atomic E-state index is 0. The summed E-state index contributed by atoms with van der Waals surface area (Å²) in [6, 6.07) is 22.0. The summed E-state index contributed by atoms with van der Waals surface area (Å²) in [5, 5.41) is 3.67. The van der Waals surface area contributed by atoms with Crippen molar-refractivity contribution in [2.75, 3.05) is 6.54 Å². The van der Waals surface area contributed by atoms with E-state index in [0.717, 1.165) is 19.4 Å². The Hall–Kier alpha value is -1.31. The van der Waals surface area contributed by atoms with Crippen molar-refractivity contribution in [3.05, 3.63) is 71.8 Å². The Morgan fingerprint density at radius 2 is 1.25 bits per heavy atom.